The predicted molar refractivity (Wildman–Crippen MR) is 108 cm³/mol. The van der Waals surface area contributed by atoms with E-state index in [9.17, 15) is 0 Å². The van der Waals surface area contributed by atoms with Crippen molar-refractivity contribution in [3.05, 3.63) is 103 Å². The maximum atomic E-state index is 4.82. The molecular formula is C24H18N2. The lowest BCUT2D eigenvalue weighted by atomic mass is 10.1. The lowest BCUT2D eigenvalue weighted by molar-refractivity contribution is 1.18. The number of benzene rings is 3. The topological polar surface area (TPSA) is 25.8 Å². The maximum absolute atomic E-state index is 4.82. The highest BCUT2D eigenvalue weighted by Gasteiger charge is 2.10. The zero-order valence-corrected chi connectivity index (χ0v) is 14.3. The number of hydrogen-bond donors (Lipinski definition) is 0. The van der Waals surface area contributed by atoms with Gasteiger partial charge in [-0.3, -0.25) is 0 Å². The van der Waals surface area contributed by atoms with Crippen LogP contribution in [0, 0.1) is 0 Å². The van der Waals surface area contributed by atoms with Gasteiger partial charge in [-0.25, -0.2) is 9.97 Å². The van der Waals surface area contributed by atoms with Gasteiger partial charge in [-0.2, -0.15) is 0 Å². The number of nitrogens with zero attached hydrogens (tertiary/aromatic N) is 2. The summed E-state index contributed by atoms with van der Waals surface area (Å²) in [6.07, 6.45) is 1.83. The van der Waals surface area contributed by atoms with Crippen LogP contribution in [0.4, 0.5) is 0 Å². The molecule has 0 radical (unpaired) electrons. The Kier molecular flexibility index (Phi) is 4.40. The van der Waals surface area contributed by atoms with Crippen LogP contribution in [0.1, 0.15) is 5.56 Å². The summed E-state index contributed by atoms with van der Waals surface area (Å²) in [6, 6.07) is 30.6. The molecule has 0 saturated carbocycles. The van der Waals surface area contributed by atoms with E-state index in [2.05, 4.69) is 30.8 Å². The fourth-order valence-electron chi connectivity index (χ4n) is 2.86. The summed E-state index contributed by atoms with van der Waals surface area (Å²) >= 11 is 0. The van der Waals surface area contributed by atoms with Crippen LogP contribution in [0.2, 0.25) is 0 Å². The molecule has 1 heterocycles. The number of hydrogen-bond acceptors (Lipinski definition) is 2. The molecule has 4 rings (SSSR count). The van der Waals surface area contributed by atoms with Gasteiger partial charge in [0.25, 0.3) is 0 Å². The molecule has 0 amide bonds. The van der Waals surface area contributed by atoms with Gasteiger partial charge in [0, 0.05) is 16.7 Å². The quantitative estimate of drug-likeness (QED) is 0.449. The molecule has 4 aromatic rings. The normalized spacial score (nSPS) is 10.5. The Hall–Kier alpha value is -3.52. The summed E-state index contributed by atoms with van der Waals surface area (Å²) in [5.41, 5.74) is 6.07. The number of rotatable bonds is 4. The fraction of sp³-hybridized carbons (Fsp3) is 0. The average molecular weight is 334 g/mol. The van der Waals surface area contributed by atoms with E-state index in [0.717, 1.165) is 39.5 Å². The standard InChI is InChI=1S/C24H18N2/c1-2-18-13-15-21(16-14-18)24-25-22(19-9-5-3-6-10-19)17-23(26-24)20-11-7-4-8-12-20/h2-17H,1H2. The van der Waals surface area contributed by atoms with Crippen molar-refractivity contribution in [1.29, 1.82) is 0 Å². The van der Waals surface area contributed by atoms with Crippen molar-refractivity contribution in [3.63, 3.8) is 0 Å². The molecule has 0 unspecified atom stereocenters. The van der Waals surface area contributed by atoms with Gasteiger partial charge in [-0.05, 0) is 11.6 Å². The van der Waals surface area contributed by atoms with Crippen LogP contribution >= 0.6 is 0 Å². The van der Waals surface area contributed by atoms with Crippen molar-refractivity contribution in [2.75, 3.05) is 0 Å². The summed E-state index contributed by atoms with van der Waals surface area (Å²) in [7, 11) is 0. The first-order valence-corrected chi connectivity index (χ1v) is 8.56. The maximum Gasteiger partial charge on any atom is 0.160 e. The minimum Gasteiger partial charge on any atom is -0.228 e. The lowest BCUT2D eigenvalue weighted by Crippen LogP contribution is -1.95. The third-order valence-electron chi connectivity index (χ3n) is 4.27. The van der Waals surface area contributed by atoms with E-state index < -0.39 is 0 Å². The molecule has 124 valence electrons. The first kappa shape index (κ1) is 16.0. The van der Waals surface area contributed by atoms with Crippen LogP contribution in [0.5, 0.6) is 0 Å². The zero-order chi connectivity index (χ0) is 17.8. The monoisotopic (exact) mass is 334 g/mol. The van der Waals surface area contributed by atoms with Crippen molar-refractivity contribution < 1.29 is 0 Å². The van der Waals surface area contributed by atoms with Crippen molar-refractivity contribution in [1.82, 2.24) is 9.97 Å². The molecule has 26 heavy (non-hydrogen) atoms. The van der Waals surface area contributed by atoms with Crippen molar-refractivity contribution in [2.24, 2.45) is 0 Å². The minimum absolute atomic E-state index is 0.723. The summed E-state index contributed by atoms with van der Waals surface area (Å²) in [5.74, 6) is 0.723. The van der Waals surface area contributed by atoms with Crippen LogP contribution < -0.4 is 0 Å². The Labute approximate surface area is 153 Å². The van der Waals surface area contributed by atoms with E-state index in [4.69, 9.17) is 9.97 Å². The highest BCUT2D eigenvalue weighted by atomic mass is 14.9. The van der Waals surface area contributed by atoms with Gasteiger partial charge in [0.15, 0.2) is 5.82 Å². The van der Waals surface area contributed by atoms with Crippen molar-refractivity contribution in [3.8, 4) is 33.9 Å². The average Bonchev–Trinajstić information content (AvgIpc) is 2.75. The van der Waals surface area contributed by atoms with E-state index in [1.54, 1.807) is 0 Å². The van der Waals surface area contributed by atoms with E-state index in [1.165, 1.54) is 0 Å². The van der Waals surface area contributed by atoms with Crippen molar-refractivity contribution >= 4 is 6.08 Å². The van der Waals surface area contributed by atoms with E-state index in [1.807, 2.05) is 72.8 Å². The molecule has 0 spiro atoms. The SMILES string of the molecule is C=Cc1ccc(-c2nc(-c3ccccc3)cc(-c3ccccc3)n2)cc1. The van der Waals surface area contributed by atoms with Crippen LogP contribution in [0.25, 0.3) is 40.0 Å². The highest BCUT2D eigenvalue weighted by Crippen LogP contribution is 2.27. The second kappa shape index (κ2) is 7.16. The highest BCUT2D eigenvalue weighted by molar-refractivity contribution is 5.72. The van der Waals surface area contributed by atoms with Crippen LogP contribution in [0.15, 0.2) is 97.6 Å². The van der Waals surface area contributed by atoms with Gasteiger partial charge in [-0.15, -0.1) is 0 Å². The van der Waals surface area contributed by atoms with Gasteiger partial charge in [0.2, 0.25) is 0 Å². The summed E-state index contributed by atoms with van der Waals surface area (Å²) in [5, 5.41) is 0. The van der Waals surface area contributed by atoms with Crippen LogP contribution in [-0.2, 0) is 0 Å². The third kappa shape index (κ3) is 3.31. The first-order chi connectivity index (χ1) is 12.8. The minimum atomic E-state index is 0.723. The Morgan fingerprint density at radius 2 is 1.08 bits per heavy atom. The van der Waals surface area contributed by atoms with Crippen LogP contribution in [0.3, 0.4) is 0 Å². The second-order valence-electron chi connectivity index (χ2n) is 6.02. The molecular weight excluding hydrogens is 316 g/mol. The summed E-state index contributed by atoms with van der Waals surface area (Å²) < 4.78 is 0. The van der Waals surface area contributed by atoms with Gasteiger partial charge in [0.1, 0.15) is 0 Å². The molecule has 0 fully saturated rings. The van der Waals surface area contributed by atoms with E-state index >= 15 is 0 Å². The van der Waals surface area contributed by atoms with Crippen molar-refractivity contribution in [2.45, 2.75) is 0 Å². The predicted octanol–water partition coefficient (Wildman–Crippen LogP) is 6.12. The fourth-order valence-corrected chi connectivity index (χ4v) is 2.86. The van der Waals surface area contributed by atoms with Gasteiger partial charge in [-0.1, -0.05) is 97.6 Å². The lowest BCUT2D eigenvalue weighted by Gasteiger charge is -2.09. The summed E-state index contributed by atoms with van der Waals surface area (Å²) in [6.45, 7) is 3.81. The molecule has 0 saturated heterocycles. The molecule has 0 aliphatic carbocycles. The molecule has 1 aromatic heterocycles. The second-order valence-corrected chi connectivity index (χ2v) is 6.02. The van der Waals surface area contributed by atoms with E-state index in [0.29, 0.717) is 0 Å². The molecule has 0 atom stereocenters. The van der Waals surface area contributed by atoms with Gasteiger partial charge < -0.3 is 0 Å². The molecule has 2 heteroatoms. The molecule has 0 aliphatic heterocycles. The Morgan fingerprint density at radius 3 is 1.54 bits per heavy atom. The Bertz CT molecular complexity index is 963. The molecule has 2 nitrogen and oxygen atoms in total. The van der Waals surface area contributed by atoms with Crippen LogP contribution in [-0.4, -0.2) is 9.97 Å². The Morgan fingerprint density at radius 1 is 0.577 bits per heavy atom. The van der Waals surface area contributed by atoms with Gasteiger partial charge >= 0.3 is 0 Å². The molecule has 3 aromatic carbocycles. The van der Waals surface area contributed by atoms with Gasteiger partial charge in [0.05, 0.1) is 11.4 Å². The number of aromatic nitrogens is 2. The summed E-state index contributed by atoms with van der Waals surface area (Å²) in [4.78, 5) is 9.64. The molecule has 0 N–H and O–H groups in total. The van der Waals surface area contributed by atoms with E-state index in [-0.39, 0.29) is 0 Å². The molecule has 0 bridgehead atoms. The third-order valence-corrected chi connectivity index (χ3v) is 4.27. The largest absolute Gasteiger partial charge is 0.228 e. The Balaban J connectivity index is 1.88. The smallest absolute Gasteiger partial charge is 0.160 e. The first-order valence-electron chi connectivity index (χ1n) is 8.56. The zero-order valence-electron chi connectivity index (χ0n) is 14.3. The molecule has 0 aliphatic rings.